The average molecular weight is 421 g/mol. The smallest absolute Gasteiger partial charge is 0.244 e. The third-order valence-corrected chi connectivity index (χ3v) is 4.64. The Labute approximate surface area is 157 Å². The Morgan fingerprint density at radius 2 is 2.28 bits per heavy atom. The third kappa shape index (κ3) is 4.52. The summed E-state index contributed by atoms with van der Waals surface area (Å²) >= 11 is 4.96. The van der Waals surface area contributed by atoms with E-state index in [-0.39, 0.29) is 11.9 Å². The number of halogens is 1. The Morgan fingerprint density at radius 3 is 3.04 bits per heavy atom. The molecule has 0 spiro atoms. The molecule has 0 unspecified atom stereocenters. The van der Waals surface area contributed by atoms with Crippen LogP contribution in [0.1, 0.15) is 24.0 Å². The molecule has 0 radical (unpaired) electrons. The van der Waals surface area contributed by atoms with Crippen molar-refractivity contribution in [1.29, 1.82) is 0 Å². The first-order chi connectivity index (χ1) is 12.2. The fourth-order valence-electron chi connectivity index (χ4n) is 2.39. The number of hydrogen-bond donors (Lipinski definition) is 1. The molecule has 0 aliphatic heterocycles. The molecule has 0 aliphatic rings. The topological polar surface area (TPSA) is 72.4 Å². The van der Waals surface area contributed by atoms with Crippen molar-refractivity contribution in [1.82, 2.24) is 19.9 Å². The molecule has 1 amide bonds. The molecule has 130 valence electrons. The molecule has 3 aromatic rings. The van der Waals surface area contributed by atoms with E-state index in [1.165, 1.54) is 6.08 Å². The van der Waals surface area contributed by atoms with Crippen LogP contribution in [0.3, 0.4) is 0 Å². The zero-order chi connectivity index (χ0) is 17.6. The highest BCUT2D eigenvalue weighted by Crippen LogP contribution is 2.19. The quantitative estimate of drug-likeness (QED) is 0.589. The van der Waals surface area contributed by atoms with Crippen LogP contribution in [0.5, 0.6) is 0 Å². The van der Waals surface area contributed by atoms with E-state index >= 15 is 0 Å². The minimum absolute atomic E-state index is 0.202. The fourth-order valence-corrected chi connectivity index (χ4v) is 3.19. The van der Waals surface area contributed by atoms with E-state index in [0.29, 0.717) is 10.4 Å². The molecule has 0 saturated carbocycles. The lowest BCUT2D eigenvalue weighted by Crippen LogP contribution is -2.29. The van der Waals surface area contributed by atoms with E-state index in [1.54, 1.807) is 30.0 Å². The second-order valence-electron chi connectivity index (χ2n) is 5.30. The van der Waals surface area contributed by atoms with E-state index in [0.717, 1.165) is 23.6 Å². The van der Waals surface area contributed by atoms with Crippen LogP contribution in [0.2, 0.25) is 0 Å². The van der Waals surface area contributed by atoms with Gasteiger partial charge in [-0.25, -0.2) is 0 Å². The SMILES string of the molecule is CSCC[C@H](NC(=O)/C=C/c1ccc(Br)o1)c1nnc2ccccn12. The first kappa shape index (κ1) is 17.8. The number of fused-ring (bicyclic) bond motifs is 1. The number of hydrogen-bond acceptors (Lipinski definition) is 5. The van der Waals surface area contributed by atoms with E-state index in [1.807, 2.05) is 35.1 Å². The minimum Gasteiger partial charge on any atom is -0.450 e. The van der Waals surface area contributed by atoms with E-state index in [2.05, 4.69) is 31.4 Å². The van der Waals surface area contributed by atoms with Crippen molar-refractivity contribution in [3.05, 3.63) is 58.9 Å². The maximum Gasteiger partial charge on any atom is 0.244 e. The van der Waals surface area contributed by atoms with Gasteiger partial charge in [-0.05, 0) is 64.7 Å². The predicted molar refractivity (Wildman–Crippen MR) is 102 cm³/mol. The number of amides is 1. The first-order valence-corrected chi connectivity index (χ1v) is 9.88. The lowest BCUT2D eigenvalue weighted by atomic mass is 10.2. The summed E-state index contributed by atoms with van der Waals surface area (Å²) in [6.07, 6.45) is 7.80. The largest absolute Gasteiger partial charge is 0.450 e. The van der Waals surface area contributed by atoms with Crippen molar-refractivity contribution in [2.45, 2.75) is 12.5 Å². The molecule has 0 saturated heterocycles. The zero-order valence-corrected chi connectivity index (χ0v) is 16.0. The number of carbonyl (C=O) groups excluding carboxylic acids is 1. The Kier molecular flexibility index (Phi) is 5.93. The van der Waals surface area contributed by atoms with Gasteiger partial charge in [0.2, 0.25) is 5.91 Å². The molecule has 0 bridgehead atoms. The monoisotopic (exact) mass is 420 g/mol. The van der Waals surface area contributed by atoms with Gasteiger partial charge in [-0.3, -0.25) is 9.20 Å². The van der Waals surface area contributed by atoms with Gasteiger partial charge < -0.3 is 9.73 Å². The number of pyridine rings is 1. The highest BCUT2D eigenvalue weighted by atomic mass is 79.9. The molecule has 25 heavy (non-hydrogen) atoms. The van der Waals surface area contributed by atoms with Gasteiger partial charge >= 0.3 is 0 Å². The molecule has 3 heterocycles. The standard InChI is InChI=1S/C17H17BrN4O2S/c1-25-11-9-13(17-21-20-15-4-2-3-10-22(15)17)19-16(23)8-6-12-5-7-14(18)24-12/h2-8,10,13H,9,11H2,1H3,(H,19,23)/b8-6+/t13-/m0/s1. The number of aromatic nitrogens is 3. The second kappa shape index (κ2) is 8.35. The second-order valence-corrected chi connectivity index (χ2v) is 7.07. The highest BCUT2D eigenvalue weighted by Gasteiger charge is 2.19. The van der Waals surface area contributed by atoms with Crippen molar-refractivity contribution >= 4 is 45.3 Å². The van der Waals surface area contributed by atoms with Gasteiger partial charge in [-0.1, -0.05) is 6.07 Å². The number of nitrogens with one attached hydrogen (secondary N) is 1. The summed E-state index contributed by atoms with van der Waals surface area (Å²) in [5, 5.41) is 11.4. The summed E-state index contributed by atoms with van der Waals surface area (Å²) in [7, 11) is 0. The third-order valence-electron chi connectivity index (χ3n) is 3.57. The number of carbonyl (C=O) groups is 1. The van der Waals surface area contributed by atoms with Gasteiger partial charge in [0.1, 0.15) is 5.76 Å². The maximum atomic E-state index is 12.3. The van der Waals surface area contributed by atoms with Crippen LogP contribution in [0.4, 0.5) is 0 Å². The van der Waals surface area contributed by atoms with Gasteiger partial charge in [-0.2, -0.15) is 11.8 Å². The summed E-state index contributed by atoms with van der Waals surface area (Å²) in [5.74, 6) is 2.04. The van der Waals surface area contributed by atoms with Gasteiger partial charge in [0.05, 0.1) is 6.04 Å². The van der Waals surface area contributed by atoms with E-state index in [9.17, 15) is 4.79 Å². The molecule has 6 nitrogen and oxygen atoms in total. The van der Waals surface area contributed by atoms with Crippen molar-refractivity contribution in [2.75, 3.05) is 12.0 Å². The lowest BCUT2D eigenvalue weighted by molar-refractivity contribution is -0.117. The Morgan fingerprint density at radius 1 is 1.40 bits per heavy atom. The van der Waals surface area contributed by atoms with Crippen LogP contribution in [0.25, 0.3) is 11.7 Å². The van der Waals surface area contributed by atoms with Gasteiger partial charge in [-0.15, -0.1) is 10.2 Å². The minimum atomic E-state index is -0.217. The van der Waals surface area contributed by atoms with Crippen LogP contribution in [-0.4, -0.2) is 32.5 Å². The number of rotatable bonds is 7. The molecule has 1 N–H and O–H groups in total. The number of furan rings is 1. The Hall–Kier alpha value is -2.06. The van der Waals surface area contributed by atoms with Crippen LogP contribution in [0.15, 0.2) is 51.7 Å². The summed E-state index contributed by atoms with van der Waals surface area (Å²) in [6.45, 7) is 0. The molecule has 0 aliphatic carbocycles. The van der Waals surface area contributed by atoms with Crippen molar-refractivity contribution in [3.8, 4) is 0 Å². The molecule has 3 aromatic heterocycles. The van der Waals surface area contributed by atoms with Crippen LogP contribution >= 0.6 is 27.7 Å². The van der Waals surface area contributed by atoms with Crippen LogP contribution < -0.4 is 5.32 Å². The van der Waals surface area contributed by atoms with E-state index < -0.39 is 0 Å². The Bertz CT molecular complexity index is 890. The molecular formula is C17H17BrN4O2S. The van der Waals surface area contributed by atoms with Gasteiger partial charge in [0.15, 0.2) is 16.1 Å². The normalized spacial score (nSPS) is 12.7. The van der Waals surface area contributed by atoms with Crippen molar-refractivity contribution in [2.24, 2.45) is 0 Å². The molecule has 1 atom stereocenters. The average Bonchev–Trinajstić information content (AvgIpc) is 3.23. The predicted octanol–water partition coefficient (Wildman–Crippen LogP) is 3.71. The molecule has 3 rings (SSSR count). The lowest BCUT2D eigenvalue weighted by Gasteiger charge is -2.15. The number of nitrogens with zero attached hydrogens (tertiary/aromatic N) is 3. The van der Waals surface area contributed by atoms with E-state index in [4.69, 9.17) is 4.42 Å². The maximum absolute atomic E-state index is 12.3. The summed E-state index contributed by atoms with van der Waals surface area (Å²) in [6, 6.07) is 9.06. The molecule has 8 heteroatoms. The summed E-state index contributed by atoms with van der Waals surface area (Å²) in [5.41, 5.74) is 0.761. The fraction of sp³-hybridized carbons (Fsp3) is 0.235. The van der Waals surface area contributed by atoms with Crippen LogP contribution in [0, 0.1) is 0 Å². The summed E-state index contributed by atoms with van der Waals surface area (Å²) < 4.78 is 7.88. The molecule has 0 aromatic carbocycles. The molecule has 0 fully saturated rings. The zero-order valence-electron chi connectivity index (χ0n) is 13.6. The van der Waals surface area contributed by atoms with Crippen molar-refractivity contribution in [3.63, 3.8) is 0 Å². The first-order valence-electron chi connectivity index (χ1n) is 7.70. The molecular weight excluding hydrogens is 404 g/mol. The van der Waals surface area contributed by atoms with Crippen LogP contribution in [-0.2, 0) is 4.79 Å². The summed E-state index contributed by atoms with van der Waals surface area (Å²) in [4.78, 5) is 12.3. The van der Waals surface area contributed by atoms with Gasteiger partial charge in [0, 0.05) is 12.3 Å². The number of thioether (sulfide) groups is 1. The highest BCUT2D eigenvalue weighted by molar-refractivity contribution is 9.10. The van der Waals surface area contributed by atoms with Crippen molar-refractivity contribution < 1.29 is 9.21 Å². The van der Waals surface area contributed by atoms with Gasteiger partial charge in [0.25, 0.3) is 0 Å². The Balaban J connectivity index is 1.76.